The quantitative estimate of drug-likeness (QED) is 0.647. The molecular formula is C21H24N4S. The van der Waals surface area contributed by atoms with E-state index in [1.165, 1.54) is 16.8 Å². The van der Waals surface area contributed by atoms with Gasteiger partial charge in [0.1, 0.15) is 0 Å². The van der Waals surface area contributed by atoms with E-state index < -0.39 is 0 Å². The lowest BCUT2D eigenvalue weighted by molar-refractivity contribution is 0.659. The second-order valence-corrected chi connectivity index (χ2v) is 6.81. The van der Waals surface area contributed by atoms with Gasteiger partial charge in [-0.3, -0.25) is 4.68 Å². The number of benzene rings is 2. The van der Waals surface area contributed by atoms with E-state index in [1.807, 2.05) is 29.8 Å². The van der Waals surface area contributed by atoms with E-state index in [9.17, 15) is 0 Å². The van der Waals surface area contributed by atoms with Crippen molar-refractivity contribution in [3.8, 4) is 0 Å². The summed E-state index contributed by atoms with van der Waals surface area (Å²) in [6, 6.07) is 20.8. The predicted molar refractivity (Wildman–Crippen MR) is 112 cm³/mol. The number of aromatic nitrogens is 2. The number of aryl methyl sites for hydroxylation is 2. The van der Waals surface area contributed by atoms with Gasteiger partial charge in [-0.1, -0.05) is 42.5 Å². The highest BCUT2D eigenvalue weighted by Crippen LogP contribution is 2.12. The van der Waals surface area contributed by atoms with Crippen LogP contribution < -0.4 is 10.6 Å². The summed E-state index contributed by atoms with van der Waals surface area (Å²) in [6.07, 6.45) is 0.949. The lowest BCUT2D eigenvalue weighted by Crippen LogP contribution is -2.30. The second-order valence-electron chi connectivity index (χ2n) is 6.40. The molecule has 1 aromatic heterocycles. The second kappa shape index (κ2) is 8.63. The summed E-state index contributed by atoms with van der Waals surface area (Å²) in [5.74, 6) is 0. The Bertz CT molecular complexity index is 853. The van der Waals surface area contributed by atoms with Crippen LogP contribution in [0.2, 0.25) is 0 Å². The molecule has 5 heteroatoms. The summed E-state index contributed by atoms with van der Waals surface area (Å²) in [7, 11) is 0. The summed E-state index contributed by atoms with van der Waals surface area (Å²) in [5.41, 5.74) is 5.72. The highest BCUT2D eigenvalue weighted by atomic mass is 32.1. The molecule has 0 unspecified atom stereocenters. The predicted octanol–water partition coefficient (Wildman–Crippen LogP) is 4.08. The Morgan fingerprint density at radius 2 is 1.73 bits per heavy atom. The van der Waals surface area contributed by atoms with Gasteiger partial charge >= 0.3 is 0 Å². The van der Waals surface area contributed by atoms with Crippen molar-refractivity contribution in [3.05, 3.63) is 83.2 Å². The third-order valence-electron chi connectivity index (χ3n) is 4.19. The molecule has 0 aliphatic heterocycles. The highest BCUT2D eigenvalue weighted by Gasteiger charge is 2.03. The molecule has 0 amide bonds. The number of thiocarbonyl (C=S) groups is 1. The molecule has 0 bridgehead atoms. The van der Waals surface area contributed by atoms with Crippen molar-refractivity contribution in [1.82, 2.24) is 15.1 Å². The number of anilines is 1. The minimum absolute atomic E-state index is 0.646. The lowest BCUT2D eigenvalue weighted by atomic mass is 10.1. The summed E-state index contributed by atoms with van der Waals surface area (Å²) in [4.78, 5) is 0. The van der Waals surface area contributed by atoms with Gasteiger partial charge in [0.05, 0.1) is 12.2 Å². The standard InChI is InChI=1S/C21H24N4S/c1-16-14-17(2)25(24-16)15-19-8-10-20(11-9-19)23-21(26)22-13-12-18-6-4-3-5-7-18/h3-11,14H,12-13,15H2,1-2H3,(H2,22,23,26). The SMILES string of the molecule is Cc1cc(C)n(Cc2ccc(NC(=S)NCCc3ccccc3)cc2)n1. The molecule has 0 saturated heterocycles. The largest absolute Gasteiger partial charge is 0.362 e. The minimum atomic E-state index is 0.646. The molecule has 0 fully saturated rings. The fraction of sp³-hybridized carbons (Fsp3) is 0.238. The molecule has 0 atom stereocenters. The molecule has 0 aliphatic rings. The fourth-order valence-corrected chi connectivity index (χ4v) is 3.06. The molecule has 4 nitrogen and oxygen atoms in total. The molecule has 26 heavy (non-hydrogen) atoms. The number of nitrogens with zero attached hydrogens (tertiary/aromatic N) is 2. The smallest absolute Gasteiger partial charge is 0.170 e. The maximum atomic E-state index is 5.37. The van der Waals surface area contributed by atoms with Crippen molar-refractivity contribution < 1.29 is 0 Å². The Labute approximate surface area is 160 Å². The zero-order valence-corrected chi connectivity index (χ0v) is 16.0. The fourth-order valence-electron chi connectivity index (χ4n) is 2.84. The molecule has 0 spiro atoms. The van der Waals surface area contributed by atoms with Crippen LogP contribution in [0.4, 0.5) is 5.69 Å². The molecule has 1 heterocycles. The van der Waals surface area contributed by atoms with Gasteiger partial charge in [0.25, 0.3) is 0 Å². The Morgan fingerprint density at radius 3 is 2.38 bits per heavy atom. The first-order valence-electron chi connectivity index (χ1n) is 8.79. The molecule has 0 radical (unpaired) electrons. The van der Waals surface area contributed by atoms with Crippen LogP contribution in [0.15, 0.2) is 60.7 Å². The van der Waals surface area contributed by atoms with Gasteiger partial charge < -0.3 is 10.6 Å². The van der Waals surface area contributed by atoms with Crippen LogP contribution in [0.25, 0.3) is 0 Å². The summed E-state index contributed by atoms with van der Waals surface area (Å²) in [6.45, 7) is 5.68. The molecule has 3 rings (SSSR count). The van der Waals surface area contributed by atoms with E-state index >= 15 is 0 Å². The zero-order chi connectivity index (χ0) is 18.4. The van der Waals surface area contributed by atoms with Gasteiger partial charge in [-0.25, -0.2) is 0 Å². The van der Waals surface area contributed by atoms with Crippen LogP contribution in [0.5, 0.6) is 0 Å². The average Bonchev–Trinajstić information content (AvgIpc) is 2.95. The summed E-state index contributed by atoms with van der Waals surface area (Å²) >= 11 is 5.37. The van der Waals surface area contributed by atoms with Crippen molar-refractivity contribution in [2.75, 3.05) is 11.9 Å². The topological polar surface area (TPSA) is 41.9 Å². The molecule has 0 saturated carbocycles. The van der Waals surface area contributed by atoms with Crippen LogP contribution in [0.3, 0.4) is 0 Å². The van der Waals surface area contributed by atoms with Crippen LogP contribution in [0.1, 0.15) is 22.5 Å². The number of rotatable bonds is 6. The number of nitrogens with one attached hydrogen (secondary N) is 2. The van der Waals surface area contributed by atoms with Crippen molar-refractivity contribution in [3.63, 3.8) is 0 Å². The number of hydrogen-bond acceptors (Lipinski definition) is 2. The van der Waals surface area contributed by atoms with Crippen molar-refractivity contribution in [1.29, 1.82) is 0 Å². The third-order valence-corrected chi connectivity index (χ3v) is 4.44. The Balaban J connectivity index is 1.47. The van der Waals surface area contributed by atoms with E-state index in [-0.39, 0.29) is 0 Å². The monoisotopic (exact) mass is 364 g/mol. The van der Waals surface area contributed by atoms with Gasteiger partial charge in [-0.05, 0) is 61.8 Å². The van der Waals surface area contributed by atoms with Gasteiger partial charge in [-0.15, -0.1) is 0 Å². The Hall–Kier alpha value is -2.66. The Morgan fingerprint density at radius 1 is 1.00 bits per heavy atom. The highest BCUT2D eigenvalue weighted by molar-refractivity contribution is 7.80. The maximum Gasteiger partial charge on any atom is 0.170 e. The van der Waals surface area contributed by atoms with Crippen LogP contribution in [-0.4, -0.2) is 21.4 Å². The number of hydrogen-bond donors (Lipinski definition) is 2. The molecule has 2 aromatic carbocycles. The minimum Gasteiger partial charge on any atom is -0.362 e. The third kappa shape index (κ3) is 5.17. The summed E-state index contributed by atoms with van der Waals surface area (Å²) < 4.78 is 2.02. The molecule has 0 aliphatic carbocycles. The summed E-state index contributed by atoms with van der Waals surface area (Å²) in [5, 5.41) is 11.6. The van der Waals surface area contributed by atoms with Gasteiger partial charge in [0.2, 0.25) is 0 Å². The van der Waals surface area contributed by atoms with E-state index in [2.05, 4.69) is 65.1 Å². The molecule has 2 N–H and O–H groups in total. The zero-order valence-electron chi connectivity index (χ0n) is 15.2. The van der Waals surface area contributed by atoms with Crippen LogP contribution in [0, 0.1) is 13.8 Å². The van der Waals surface area contributed by atoms with E-state index in [4.69, 9.17) is 12.2 Å². The van der Waals surface area contributed by atoms with Gasteiger partial charge in [-0.2, -0.15) is 5.10 Å². The van der Waals surface area contributed by atoms with E-state index in [1.54, 1.807) is 0 Å². The average molecular weight is 365 g/mol. The molecule has 134 valence electrons. The van der Waals surface area contributed by atoms with Gasteiger partial charge in [0, 0.05) is 17.9 Å². The first kappa shape index (κ1) is 18.1. The first-order chi connectivity index (χ1) is 12.6. The molecular weight excluding hydrogens is 340 g/mol. The van der Waals surface area contributed by atoms with Crippen LogP contribution in [-0.2, 0) is 13.0 Å². The maximum absolute atomic E-state index is 5.37. The van der Waals surface area contributed by atoms with E-state index in [0.29, 0.717) is 5.11 Å². The lowest BCUT2D eigenvalue weighted by Gasteiger charge is -2.11. The van der Waals surface area contributed by atoms with E-state index in [0.717, 1.165) is 30.9 Å². The Kier molecular flexibility index (Phi) is 6.02. The van der Waals surface area contributed by atoms with Gasteiger partial charge in [0.15, 0.2) is 5.11 Å². The normalized spacial score (nSPS) is 10.5. The first-order valence-corrected chi connectivity index (χ1v) is 9.20. The van der Waals surface area contributed by atoms with Crippen LogP contribution >= 0.6 is 12.2 Å². The molecule has 3 aromatic rings. The van der Waals surface area contributed by atoms with Crippen molar-refractivity contribution >= 4 is 23.0 Å². The van der Waals surface area contributed by atoms with Crippen molar-refractivity contribution in [2.45, 2.75) is 26.8 Å². The van der Waals surface area contributed by atoms with Crippen molar-refractivity contribution in [2.24, 2.45) is 0 Å².